The van der Waals surface area contributed by atoms with Crippen molar-refractivity contribution in [2.24, 2.45) is 0 Å². The van der Waals surface area contributed by atoms with Gasteiger partial charge in [-0.25, -0.2) is 0 Å². The minimum Gasteiger partial charge on any atom is -0.497 e. The third kappa shape index (κ3) is 3.54. The molecule has 0 saturated carbocycles. The van der Waals surface area contributed by atoms with Crippen molar-refractivity contribution in [2.45, 2.75) is 13.2 Å². The number of nitrogens with one attached hydrogen (secondary N) is 1. The van der Waals surface area contributed by atoms with Crippen LogP contribution < -0.4 is 15.1 Å². The van der Waals surface area contributed by atoms with E-state index >= 15 is 0 Å². The summed E-state index contributed by atoms with van der Waals surface area (Å²) in [4.78, 5) is 41.2. The van der Waals surface area contributed by atoms with Crippen LogP contribution in [-0.4, -0.2) is 60.5 Å². The third-order valence-corrected chi connectivity index (χ3v) is 5.21. The minimum absolute atomic E-state index is 0.233. The zero-order valence-electron chi connectivity index (χ0n) is 16.3. The summed E-state index contributed by atoms with van der Waals surface area (Å²) in [6.07, 6.45) is -0.508. The van der Waals surface area contributed by atoms with Gasteiger partial charge in [-0.2, -0.15) is 5.43 Å². The maximum Gasteiger partial charge on any atom is 0.326 e. The molecule has 1 atom stereocenters. The molecule has 2 saturated heterocycles. The molecule has 8 heteroatoms. The Bertz CT molecular complexity index is 942. The molecule has 1 unspecified atom stereocenters. The summed E-state index contributed by atoms with van der Waals surface area (Å²) in [5.74, 6) is -0.964. The second-order valence-corrected chi connectivity index (χ2v) is 7.07. The van der Waals surface area contributed by atoms with E-state index in [2.05, 4.69) is 5.43 Å². The summed E-state index contributed by atoms with van der Waals surface area (Å²) in [5.41, 5.74) is 5.58. The molecular weight excluding hydrogens is 372 g/mol. The largest absolute Gasteiger partial charge is 0.497 e. The number of nitrogens with zero attached hydrogens (tertiary/aromatic N) is 3. The number of hydrogen-bond acceptors (Lipinski definition) is 6. The van der Waals surface area contributed by atoms with E-state index in [1.807, 2.05) is 36.1 Å². The molecule has 2 aromatic carbocycles. The number of amides is 2. The van der Waals surface area contributed by atoms with E-state index < -0.39 is 18.1 Å². The van der Waals surface area contributed by atoms with E-state index in [4.69, 9.17) is 4.74 Å². The van der Waals surface area contributed by atoms with Crippen molar-refractivity contribution in [2.75, 3.05) is 31.6 Å². The Hall–Kier alpha value is -3.39. The normalized spacial score (nSPS) is 18.8. The fraction of sp³-hybridized carbons (Fsp3) is 0.286. The quantitative estimate of drug-likeness (QED) is 0.606. The molecule has 2 heterocycles. The first-order chi connectivity index (χ1) is 14.0. The second kappa shape index (κ2) is 7.56. The molecule has 8 nitrogen and oxygen atoms in total. The first-order valence-electron chi connectivity index (χ1n) is 9.37. The predicted molar refractivity (Wildman–Crippen MR) is 106 cm³/mol. The zero-order valence-corrected chi connectivity index (χ0v) is 16.3. The van der Waals surface area contributed by atoms with Gasteiger partial charge in [0.15, 0.2) is 12.1 Å². The van der Waals surface area contributed by atoms with Gasteiger partial charge in [0, 0.05) is 24.3 Å². The van der Waals surface area contributed by atoms with Gasteiger partial charge in [-0.15, -0.1) is 0 Å². The lowest BCUT2D eigenvalue weighted by Gasteiger charge is -2.40. The molecule has 4 rings (SSSR count). The lowest BCUT2D eigenvalue weighted by Crippen LogP contribution is -2.68. The summed E-state index contributed by atoms with van der Waals surface area (Å²) in [7, 11) is 1.55. The Kier molecular flexibility index (Phi) is 4.94. The number of ether oxygens (including phenoxy) is 1. The van der Waals surface area contributed by atoms with E-state index in [0.29, 0.717) is 24.4 Å². The second-order valence-electron chi connectivity index (χ2n) is 7.07. The highest BCUT2D eigenvalue weighted by molar-refractivity contribution is 6.35. The van der Waals surface area contributed by atoms with Crippen molar-refractivity contribution in [3.63, 3.8) is 0 Å². The van der Waals surface area contributed by atoms with Crippen molar-refractivity contribution >= 4 is 23.3 Å². The topological polar surface area (TPSA) is 82.2 Å². The van der Waals surface area contributed by atoms with Gasteiger partial charge in [-0.1, -0.05) is 17.7 Å². The molecule has 2 aliphatic rings. The molecule has 0 aliphatic carbocycles. The number of aryl methyl sites for hydroxylation is 1. The highest BCUT2D eigenvalue weighted by atomic mass is 16.5. The van der Waals surface area contributed by atoms with Crippen LogP contribution in [-0.2, 0) is 9.59 Å². The standard InChI is InChI=1S/C21H22N4O4/c1-14-3-7-16(8-4-14)23-11-12-24-19(27)20(28)25(22-21(23)24)13-18(26)15-5-9-17(29-2)10-6-15/h3-10,21-22H,11-13H2,1-2H3. The predicted octanol–water partition coefficient (Wildman–Crippen LogP) is 1.17. The van der Waals surface area contributed by atoms with Crippen LogP contribution in [0.2, 0.25) is 0 Å². The maximum atomic E-state index is 12.6. The highest BCUT2D eigenvalue weighted by Gasteiger charge is 2.45. The zero-order chi connectivity index (χ0) is 20.5. The van der Waals surface area contributed by atoms with Gasteiger partial charge in [0.1, 0.15) is 12.3 Å². The molecule has 1 N–H and O–H groups in total. The number of anilines is 1. The SMILES string of the molecule is COc1ccc(C(=O)CN2NC3N(CCN3c3ccc(C)cc3)C(=O)C2=O)cc1. The Morgan fingerprint density at radius 2 is 1.66 bits per heavy atom. The molecule has 0 spiro atoms. The highest BCUT2D eigenvalue weighted by Crippen LogP contribution is 2.25. The fourth-order valence-electron chi connectivity index (χ4n) is 3.55. The lowest BCUT2D eigenvalue weighted by molar-refractivity contribution is -0.162. The number of hydrogen-bond donors (Lipinski definition) is 1. The van der Waals surface area contributed by atoms with Gasteiger partial charge in [-0.05, 0) is 43.3 Å². The average molecular weight is 394 g/mol. The Morgan fingerprint density at radius 1 is 1.00 bits per heavy atom. The molecule has 29 heavy (non-hydrogen) atoms. The van der Waals surface area contributed by atoms with Crippen LogP contribution in [0.5, 0.6) is 5.75 Å². The van der Waals surface area contributed by atoms with E-state index in [1.165, 1.54) is 4.90 Å². The number of carbonyl (C=O) groups is 3. The average Bonchev–Trinajstić information content (AvgIpc) is 3.16. The molecular formula is C21H22N4O4. The van der Waals surface area contributed by atoms with Crippen LogP contribution in [0.1, 0.15) is 15.9 Å². The van der Waals surface area contributed by atoms with Crippen molar-refractivity contribution in [1.29, 1.82) is 0 Å². The maximum absolute atomic E-state index is 12.6. The van der Waals surface area contributed by atoms with Crippen LogP contribution in [0.4, 0.5) is 5.69 Å². The summed E-state index contributed by atoms with van der Waals surface area (Å²) in [6, 6.07) is 14.6. The number of carbonyl (C=O) groups excluding carboxylic acids is 3. The summed E-state index contributed by atoms with van der Waals surface area (Å²) < 4.78 is 5.09. The van der Waals surface area contributed by atoms with Crippen molar-refractivity contribution in [3.05, 3.63) is 59.7 Å². The number of ketones is 1. The van der Waals surface area contributed by atoms with Gasteiger partial charge in [0.05, 0.1) is 7.11 Å². The van der Waals surface area contributed by atoms with Crippen LogP contribution >= 0.6 is 0 Å². The molecule has 2 aliphatic heterocycles. The van der Waals surface area contributed by atoms with Gasteiger partial charge in [0.25, 0.3) is 0 Å². The van der Waals surface area contributed by atoms with Gasteiger partial charge < -0.3 is 9.64 Å². The number of methoxy groups -OCH3 is 1. The molecule has 0 aromatic heterocycles. The Morgan fingerprint density at radius 3 is 2.31 bits per heavy atom. The lowest BCUT2D eigenvalue weighted by atomic mass is 10.1. The minimum atomic E-state index is -0.728. The fourth-order valence-corrected chi connectivity index (χ4v) is 3.55. The summed E-state index contributed by atoms with van der Waals surface area (Å²) >= 11 is 0. The number of hydrazine groups is 1. The number of benzene rings is 2. The number of fused-ring (bicyclic) bond motifs is 1. The van der Waals surface area contributed by atoms with E-state index in [9.17, 15) is 14.4 Å². The van der Waals surface area contributed by atoms with Crippen molar-refractivity contribution in [3.8, 4) is 5.75 Å². The molecule has 0 bridgehead atoms. The van der Waals surface area contributed by atoms with Gasteiger partial charge >= 0.3 is 11.8 Å². The number of Topliss-reactive ketones (excluding diaryl/α,β-unsaturated/α-hetero) is 1. The summed E-state index contributed by atoms with van der Waals surface area (Å²) in [5, 5.41) is 1.11. The molecule has 2 aromatic rings. The van der Waals surface area contributed by atoms with E-state index in [1.54, 1.807) is 31.4 Å². The van der Waals surface area contributed by atoms with Crippen LogP contribution in [0.25, 0.3) is 0 Å². The molecule has 2 amide bonds. The van der Waals surface area contributed by atoms with Crippen LogP contribution in [0.15, 0.2) is 48.5 Å². The van der Waals surface area contributed by atoms with Crippen molar-refractivity contribution < 1.29 is 19.1 Å². The monoisotopic (exact) mass is 394 g/mol. The van der Waals surface area contributed by atoms with Gasteiger partial charge in [0.2, 0.25) is 0 Å². The number of rotatable bonds is 5. The molecule has 0 radical (unpaired) electrons. The van der Waals surface area contributed by atoms with Crippen LogP contribution in [0.3, 0.4) is 0 Å². The van der Waals surface area contributed by atoms with E-state index in [-0.39, 0.29) is 12.3 Å². The smallest absolute Gasteiger partial charge is 0.326 e. The van der Waals surface area contributed by atoms with Gasteiger partial charge in [-0.3, -0.25) is 24.3 Å². The Labute approximate surface area is 168 Å². The van der Waals surface area contributed by atoms with Crippen molar-refractivity contribution in [1.82, 2.24) is 15.3 Å². The molecule has 2 fully saturated rings. The Balaban J connectivity index is 1.52. The third-order valence-electron chi connectivity index (χ3n) is 5.21. The first-order valence-corrected chi connectivity index (χ1v) is 9.37. The van der Waals surface area contributed by atoms with E-state index in [0.717, 1.165) is 16.3 Å². The molecule has 150 valence electrons. The first kappa shape index (κ1) is 18.9. The van der Waals surface area contributed by atoms with Crippen LogP contribution in [0, 0.1) is 6.92 Å². The summed E-state index contributed by atoms with van der Waals surface area (Å²) in [6.45, 7) is 2.81.